The minimum absolute atomic E-state index is 0.0747. The highest BCUT2D eigenvalue weighted by atomic mass is 32.2. The van der Waals surface area contributed by atoms with Gasteiger partial charge in [0.05, 0.1) is 0 Å². The first kappa shape index (κ1) is 26.5. The molecule has 0 amide bonds. The number of rotatable bonds is 6. The molecule has 1 unspecified atom stereocenters. The van der Waals surface area contributed by atoms with Crippen LogP contribution in [-0.2, 0) is 17.4 Å². The number of hydrogen-bond acceptors (Lipinski definition) is 4. The van der Waals surface area contributed by atoms with Gasteiger partial charge in [0.15, 0.2) is 11.0 Å². The molecule has 2 heterocycles. The first-order valence-electron chi connectivity index (χ1n) is 9.55. The molecule has 2 N–H and O–H groups in total. The normalized spacial score (nSPS) is 11.9. The molecule has 29 heavy (non-hydrogen) atoms. The lowest BCUT2D eigenvalue weighted by Gasteiger charge is -2.05. The summed E-state index contributed by atoms with van der Waals surface area (Å²) in [6, 6.07) is 5.24. The fourth-order valence-corrected chi connectivity index (χ4v) is 2.86. The van der Waals surface area contributed by atoms with Gasteiger partial charge in [-0.25, -0.2) is 8.93 Å². The third-order valence-electron chi connectivity index (χ3n) is 3.64. The van der Waals surface area contributed by atoms with Crippen LogP contribution >= 0.6 is 0 Å². The molecule has 0 aliphatic carbocycles. The summed E-state index contributed by atoms with van der Waals surface area (Å²) in [5.41, 5.74) is 3.30. The highest BCUT2D eigenvalue weighted by Crippen LogP contribution is 2.25. The molecule has 7 heteroatoms. The summed E-state index contributed by atoms with van der Waals surface area (Å²) < 4.78 is 19.7. The molecule has 0 saturated heterocycles. The molecule has 0 aromatic carbocycles. The number of aromatic nitrogens is 1. The standard InChI is InChI=1S/C13H16N2O3S.C7H11N.C2H6/c1-4-9-7-10(8(2)15-13(9)16)11-5-6-12(18-11)19(17)14-3;1-4-5-7(2)6-8-3;1-2/h5-7,14H,4H2,1-3H3,(H,15,16);4-6H,3H2,1-2H3;1-2H3/b;5-4-,7-6-;. The van der Waals surface area contributed by atoms with Crippen molar-refractivity contribution in [1.29, 1.82) is 0 Å². The zero-order chi connectivity index (χ0) is 22.4. The minimum Gasteiger partial charge on any atom is -0.446 e. The smallest absolute Gasteiger partial charge is 0.251 e. The highest BCUT2D eigenvalue weighted by molar-refractivity contribution is 7.82. The van der Waals surface area contributed by atoms with Crippen LogP contribution in [0.2, 0.25) is 0 Å². The van der Waals surface area contributed by atoms with Crippen LogP contribution in [0.4, 0.5) is 0 Å². The predicted octanol–water partition coefficient (Wildman–Crippen LogP) is 4.94. The molecule has 0 bridgehead atoms. The third-order valence-corrected chi connectivity index (χ3v) is 4.59. The van der Waals surface area contributed by atoms with Gasteiger partial charge in [-0.05, 0) is 64.7 Å². The Balaban J connectivity index is 0.000000664. The molecule has 0 saturated carbocycles. The molecule has 2 rings (SSSR count). The number of aromatic amines is 1. The summed E-state index contributed by atoms with van der Waals surface area (Å²) >= 11 is 0. The zero-order valence-electron chi connectivity index (χ0n) is 18.5. The highest BCUT2D eigenvalue weighted by Gasteiger charge is 2.13. The van der Waals surface area contributed by atoms with Crippen molar-refractivity contribution in [2.75, 3.05) is 7.05 Å². The maximum atomic E-state index is 11.7. The number of furan rings is 1. The Morgan fingerprint density at radius 3 is 2.55 bits per heavy atom. The average molecular weight is 420 g/mol. The van der Waals surface area contributed by atoms with E-state index < -0.39 is 11.0 Å². The lowest BCUT2D eigenvalue weighted by Crippen LogP contribution is -2.13. The van der Waals surface area contributed by atoms with Crippen molar-refractivity contribution in [3.05, 3.63) is 63.7 Å². The van der Waals surface area contributed by atoms with E-state index in [0.717, 1.165) is 16.8 Å². The molecule has 1 atom stereocenters. The van der Waals surface area contributed by atoms with Crippen LogP contribution in [0.3, 0.4) is 0 Å². The number of pyridine rings is 1. The van der Waals surface area contributed by atoms with Gasteiger partial charge in [-0.1, -0.05) is 32.9 Å². The topological polar surface area (TPSA) is 87.5 Å². The molecule has 2 aromatic rings. The van der Waals surface area contributed by atoms with Crippen LogP contribution in [0.15, 0.2) is 61.4 Å². The van der Waals surface area contributed by atoms with Crippen molar-refractivity contribution in [1.82, 2.24) is 9.71 Å². The second kappa shape index (κ2) is 14.5. The van der Waals surface area contributed by atoms with Crippen LogP contribution in [0.25, 0.3) is 11.3 Å². The van der Waals surface area contributed by atoms with Crippen molar-refractivity contribution in [2.24, 2.45) is 4.99 Å². The van der Waals surface area contributed by atoms with Crippen molar-refractivity contribution in [3.8, 4) is 11.3 Å². The average Bonchev–Trinajstić information content (AvgIpc) is 3.20. The molecular weight excluding hydrogens is 386 g/mol. The van der Waals surface area contributed by atoms with Crippen LogP contribution in [0, 0.1) is 6.92 Å². The summed E-state index contributed by atoms with van der Waals surface area (Å²) in [4.78, 5) is 18.1. The van der Waals surface area contributed by atoms with Crippen LogP contribution in [0.5, 0.6) is 0 Å². The molecule has 6 nitrogen and oxygen atoms in total. The maximum Gasteiger partial charge on any atom is 0.251 e. The van der Waals surface area contributed by atoms with E-state index in [0.29, 0.717) is 22.8 Å². The van der Waals surface area contributed by atoms with Crippen molar-refractivity contribution >= 4 is 17.7 Å². The first-order chi connectivity index (χ1) is 13.9. The molecule has 0 fully saturated rings. The molecule has 0 aliphatic heterocycles. The summed E-state index contributed by atoms with van der Waals surface area (Å²) in [6.45, 7) is 15.0. The van der Waals surface area contributed by atoms with E-state index in [4.69, 9.17) is 4.42 Å². The van der Waals surface area contributed by atoms with E-state index in [1.807, 2.05) is 59.8 Å². The Morgan fingerprint density at radius 2 is 2.03 bits per heavy atom. The molecule has 0 spiro atoms. The number of H-pyrrole nitrogens is 1. The number of nitrogens with one attached hydrogen (secondary N) is 2. The summed E-state index contributed by atoms with van der Waals surface area (Å²) in [6.07, 6.45) is 6.32. The Labute approximate surface area is 176 Å². The maximum absolute atomic E-state index is 11.7. The minimum atomic E-state index is -1.35. The number of allylic oxidation sites excluding steroid dienone is 3. The van der Waals surface area contributed by atoms with Crippen LogP contribution in [0.1, 0.15) is 45.9 Å². The molecular formula is C22H33N3O3S. The van der Waals surface area contributed by atoms with E-state index in [1.165, 1.54) is 0 Å². The van der Waals surface area contributed by atoms with E-state index in [-0.39, 0.29) is 5.56 Å². The Bertz CT molecular complexity index is 908. The second-order valence-electron chi connectivity index (χ2n) is 5.66. The lowest BCUT2D eigenvalue weighted by atomic mass is 10.1. The molecule has 0 aliphatic rings. The van der Waals surface area contributed by atoms with Gasteiger partial charge in [0.1, 0.15) is 5.76 Å². The van der Waals surface area contributed by atoms with Gasteiger partial charge in [0.25, 0.3) is 5.56 Å². The number of aryl methyl sites for hydroxylation is 2. The molecule has 2 aromatic heterocycles. The van der Waals surface area contributed by atoms with Crippen LogP contribution in [-0.4, -0.2) is 23.0 Å². The summed E-state index contributed by atoms with van der Waals surface area (Å²) in [5, 5.41) is 0.362. The van der Waals surface area contributed by atoms with E-state index >= 15 is 0 Å². The van der Waals surface area contributed by atoms with Crippen molar-refractivity contribution in [3.63, 3.8) is 0 Å². The third kappa shape index (κ3) is 8.58. The quantitative estimate of drug-likeness (QED) is 0.513. The van der Waals surface area contributed by atoms with E-state index in [9.17, 15) is 9.00 Å². The largest absolute Gasteiger partial charge is 0.446 e. The Morgan fingerprint density at radius 1 is 1.38 bits per heavy atom. The summed E-state index contributed by atoms with van der Waals surface area (Å²) in [5.74, 6) is 0.599. The first-order valence-corrected chi connectivity index (χ1v) is 10.7. The Kier molecular flexibility index (Phi) is 13.2. The summed E-state index contributed by atoms with van der Waals surface area (Å²) in [7, 11) is 0.246. The number of aliphatic imine (C=N–C) groups is 1. The van der Waals surface area contributed by atoms with Gasteiger partial charge in [0.2, 0.25) is 5.09 Å². The number of hydrogen-bond donors (Lipinski definition) is 2. The van der Waals surface area contributed by atoms with Crippen molar-refractivity contribution in [2.45, 2.75) is 53.1 Å². The number of nitrogens with zero attached hydrogens (tertiary/aromatic N) is 1. The fourth-order valence-electron chi connectivity index (χ4n) is 2.30. The molecule has 160 valence electrons. The zero-order valence-corrected chi connectivity index (χ0v) is 19.3. The lowest BCUT2D eigenvalue weighted by molar-refractivity contribution is 0.476. The van der Waals surface area contributed by atoms with E-state index in [1.54, 1.807) is 25.4 Å². The van der Waals surface area contributed by atoms with Gasteiger partial charge in [-0.2, -0.15) is 0 Å². The Hall–Kier alpha value is -2.51. The van der Waals surface area contributed by atoms with E-state index in [2.05, 4.69) is 21.4 Å². The fraction of sp³-hybridized carbons (Fsp3) is 0.364. The monoisotopic (exact) mass is 419 g/mol. The second-order valence-corrected chi connectivity index (χ2v) is 7.01. The van der Waals surface area contributed by atoms with Crippen LogP contribution < -0.4 is 10.3 Å². The van der Waals surface area contributed by atoms with Gasteiger partial charge in [-0.3, -0.25) is 9.79 Å². The van der Waals surface area contributed by atoms with Gasteiger partial charge in [-0.15, -0.1) is 0 Å². The van der Waals surface area contributed by atoms with Gasteiger partial charge < -0.3 is 9.40 Å². The SMILES string of the molecule is C=N/C=C(C)\C=C/C.CC.CCc1cc(-c2ccc(S(=O)NC)o2)c(C)[nH]c1=O. The van der Waals surface area contributed by atoms with Gasteiger partial charge in [0, 0.05) is 23.0 Å². The van der Waals surface area contributed by atoms with Crippen molar-refractivity contribution < 1.29 is 8.63 Å². The van der Waals surface area contributed by atoms with Gasteiger partial charge >= 0.3 is 0 Å². The molecule has 0 radical (unpaired) electrons. The predicted molar refractivity (Wildman–Crippen MR) is 124 cm³/mol.